The van der Waals surface area contributed by atoms with Crippen LogP contribution in [0.1, 0.15) is 77.3 Å². The van der Waals surface area contributed by atoms with E-state index in [1.165, 1.54) is 31.3 Å². The fourth-order valence-electron chi connectivity index (χ4n) is 7.46. The molecule has 3 atom stereocenters. The van der Waals surface area contributed by atoms with Crippen molar-refractivity contribution in [3.05, 3.63) is 113 Å². The third-order valence-corrected chi connectivity index (χ3v) is 11.3. The molecule has 2 aliphatic heterocycles. The molecule has 0 bridgehead atoms. The van der Waals surface area contributed by atoms with Crippen molar-refractivity contribution < 1.29 is 43.5 Å². The molecule has 3 aromatic carbocycles. The second kappa shape index (κ2) is 19.7. The molecular weight excluding hydrogens is 733 g/mol. The first-order chi connectivity index (χ1) is 27.1. The zero-order valence-electron chi connectivity index (χ0n) is 33.0. The molecule has 2 N–H and O–H groups in total. The minimum absolute atomic E-state index is 0.00437. The number of benzene rings is 3. The van der Waals surface area contributed by atoms with Crippen LogP contribution < -0.4 is 14.2 Å². The summed E-state index contributed by atoms with van der Waals surface area (Å²) in [5, 5.41) is 22.4. The number of carbonyl (C=O) groups excluding carboxylic acids is 2. The number of carbonyl (C=O) groups is 2. The van der Waals surface area contributed by atoms with Crippen molar-refractivity contribution in [2.45, 2.75) is 76.8 Å². The lowest BCUT2D eigenvalue weighted by Crippen LogP contribution is -2.57. The van der Waals surface area contributed by atoms with Crippen molar-refractivity contribution in [2.75, 3.05) is 39.8 Å². The van der Waals surface area contributed by atoms with Gasteiger partial charge in [0.2, 0.25) is 0 Å². The first-order valence-corrected chi connectivity index (χ1v) is 20.0. The number of fused-ring (bicyclic) bond motifs is 2. The summed E-state index contributed by atoms with van der Waals surface area (Å²) in [4.78, 5) is 32.3. The van der Waals surface area contributed by atoms with Crippen molar-refractivity contribution in [2.24, 2.45) is 0 Å². The molecule has 0 saturated heterocycles. The van der Waals surface area contributed by atoms with E-state index in [-0.39, 0.29) is 50.1 Å². The molecule has 2 aliphatic rings. The third-order valence-electron chi connectivity index (χ3n) is 9.97. The number of ether oxygens (including phenoxy) is 5. The van der Waals surface area contributed by atoms with Gasteiger partial charge < -0.3 is 38.8 Å². The number of nitrogens with zero attached hydrogens (tertiary/aromatic N) is 2. The van der Waals surface area contributed by atoms with E-state index in [1.807, 2.05) is 43.3 Å². The van der Waals surface area contributed by atoms with Crippen LogP contribution in [0.4, 0.5) is 4.79 Å². The van der Waals surface area contributed by atoms with Crippen molar-refractivity contribution in [3.8, 4) is 28.7 Å². The lowest BCUT2D eigenvalue weighted by atomic mass is 9.85. The van der Waals surface area contributed by atoms with Crippen molar-refractivity contribution in [3.63, 3.8) is 0 Å². The molecule has 56 heavy (non-hydrogen) atoms. The van der Waals surface area contributed by atoms with Gasteiger partial charge in [0.1, 0.15) is 25.0 Å². The Morgan fingerprint density at radius 2 is 1.64 bits per heavy atom. The highest BCUT2D eigenvalue weighted by Crippen LogP contribution is 2.59. The summed E-state index contributed by atoms with van der Waals surface area (Å²) in [7, 11) is 2.96. The summed E-state index contributed by atoms with van der Waals surface area (Å²) in [6.45, 7) is 13.7. The second-order valence-corrected chi connectivity index (χ2v) is 15.0. The number of aryl methyl sites for hydroxylation is 1. The van der Waals surface area contributed by atoms with Crippen LogP contribution >= 0.6 is 11.8 Å². The maximum absolute atomic E-state index is 15.4. The average Bonchev–Trinajstić information content (AvgIpc) is 3.18. The van der Waals surface area contributed by atoms with Crippen molar-refractivity contribution in [1.82, 2.24) is 9.80 Å². The highest BCUT2D eigenvalue weighted by atomic mass is 32.2. The van der Waals surface area contributed by atoms with Gasteiger partial charge >= 0.3 is 6.09 Å². The molecule has 5 rings (SSSR count). The zero-order chi connectivity index (χ0) is 40.4. The van der Waals surface area contributed by atoms with Gasteiger partial charge in [0.15, 0.2) is 23.0 Å². The van der Waals surface area contributed by atoms with Crippen LogP contribution in [-0.4, -0.2) is 77.8 Å². The van der Waals surface area contributed by atoms with E-state index in [9.17, 15) is 15.0 Å². The van der Waals surface area contributed by atoms with E-state index in [4.69, 9.17) is 23.7 Å². The highest BCUT2D eigenvalue weighted by molar-refractivity contribution is 7.99. The van der Waals surface area contributed by atoms with Crippen molar-refractivity contribution in [1.29, 1.82) is 0 Å². The van der Waals surface area contributed by atoms with E-state index >= 15 is 4.79 Å². The summed E-state index contributed by atoms with van der Waals surface area (Å²) in [5.41, 5.74) is 4.47. The Kier molecular flexibility index (Phi) is 14.8. The number of phenolic OH excluding ortho intramolecular Hbond substituents is 2. The molecule has 0 aromatic heterocycles. The van der Waals surface area contributed by atoms with Gasteiger partial charge in [-0.25, -0.2) is 4.79 Å². The predicted molar refractivity (Wildman–Crippen MR) is 218 cm³/mol. The van der Waals surface area contributed by atoms with E-state index in [2.05, 4.69) is 20.1 Å². The van der Waals surface area contributed by atoms with E-state index in [0.717, 1.165) is 37.0 Å². The molecule has 3 aromatic rings. The maximum atomic E-state index is 15.4. The monoisotopic (exact) mass is 786 g/mol. The topological polar surface area (TPSA) is 127 Å². The Balaban J connectivity index is 1.74. The summed E-state index contributed by atoms with van der Waals surface area (Å²) >= 11 is 1.62. The predicted octanol–water partition coefficient (Wildman–Crippen LogP) is 8.84. The lowest BCUT2D eigenvalue weighted by Gasteiger charge is -2.49. The Labute approximate surface area is 334 Å². The van der Waals surface area contributed by atoms with Crippen LogP contribution in [0.3, 0.4) is 0 Å². The molecule has 300 valence electrons. The van der Waals surface area contributed by atoms with Gasteiger partial charge in [0.05, 0.1) is 44.4 Å². The van der Waals surface area contributed by atoms with E-state index in [1.54, 1.807) is 35.9 Å². The first-order valence-electron chi connectivity index (χ1n) is 19.0. The Morgan fingerprint density at radius 1 is 0.911 bits per heavy atom. The quantitative estimate of drug-likeness (QED) is 0.0899. The molecule has 0 spiro atoms. The zero-order valence-corrected chi connectivity index (χ0v) is 33.9. The number of aromatic hydroxyl groups is 2. The van der Waals surface area contributed by atoms with Crippen LogP contribution in [0, 0.1) is 13.8 Å². The highest BCUT2D eigenvalue weighted by Gasteiger charge is 2.51. The molecule has 11 nitrogen and oxygen atoms in total. The number of unbranched alkanes of at least 4 members (excludes halogenated alkanes) is 3. The number of rotatable bonds is 19. The lowest BCUT2D eigenvalue weighted by molar-refractivity contribution is -0.139. The van der Waals surface area contributed by atoms with E-state index in [0.29, 0.717) is 45.0 Å². The fourth-order valence-corrected chi connectivity index (χ4v) is 8.81. The molecule has 0 radical (unpaired) electrons. The number of phenols is 2. The largest absolute Gasteiger partial charge is 0.504 e. The van der Waals surface area contributed by atoms with Gasteiger partial charge in [-0.2, -0.15) is 0 Å². The van der Waals surface area contributed by atoms with Crippen LogP contribution in [0.15, 0.2) is 79.7 Å². The summed E-state index contributed by atoms with van der Waals surface area (Å²) in [6, 6.07) is 11.1. The smallest absolute Gasteiger partial charge is 0.414 e. The third kappa shape index (κ3) is 8.97. The fraction of sp³-hybridized carbons (Fsp3) is 0.409. The van der Waals surface area contributed by atoms with Crippen LogP contribution in [0.2, 0.25) is 0 Å². The Morgan fingerprint density at radius 3 is 2.30 bits per heavy atom. The minimum Gasteiger partial charge on any atom is -0.504 e. The number of methoxy groups -OCH3 is 2. The Bertz CT molecular complexity index is 1890. The SMILES string of the molecule is C=CCOC(=O)N1C=C2C(SCCCCCC)c3c(OCC=C)c(C)c(OC)c(O)c3[C@H](COCc3ccccc3)N2C(=O)[C@@H]1Cc1cc(C)c(OC)c(O)c1. The van der Waals surface area contributed by atoms with Gasteiger partial charge in [-0.3, -0.25) is 9.69 Å². The van der Waals surface area contributed by atoms with Crippen molar-refractivity contribution >= 4 is 23.8 Å². The normalized spacial score (nSPS) is 17.4. The molecular formula is C44H54N2O9S. The number of hydrogen-bond donors (Lipinski definition) is 2. The summed E-state index contributed by atoms with van der Waals surface area (Å²) < 4.78 is 29.6. The van der Waals surface area contributed by atoms with Gasteiger partial charge in [-0.05, 0) is 48.8 Å². The average molecular weight is 787 g/mol. The first kappa shape index (κ1) is 42.1. The second-order valence-electron chi connectivity index (χ2n) is 13.8. The van der Waals surface area contributed by atoms with Crippen LogP contribution in [0.5, 0.6) is 28.7 Å². The van der Waals surface area contributed by atoms with E-state index < -0.39 is 29.3 Å². The van der Waals surface area contributed by atoms with Gasteiger partial charge in [0, 0.05) is 29.3 Å². The van der Waals surface area contributed by atoms with Gasteiger partial charge in [0.25, 0.3) is 5.91 Å². The van der Waals surface area contributed by atoms with Crippen LogP contribution in [0.25, 0.3) is 0 Å². The maximum Gasteiger partial charge on any atom is 0.414 e. The standard InChI is InChI=1S/C44H54N2O9S/c1-8-11-12-16-21-56-42-33-25-45(44(50)55-20-10-3)32(23-31-22-28(4)39(51-6)35(47)24-31)43(49)46(33)34(27-53-26-30-17-14-13-15-18-30)36-37(42)40(54-19-9-2)29(5)41(52-7)38(36)48/h9-10,13-15,17-18,22,24-25,32,34,42,47-48H,2-3,8,11-12,16,19-21,23,26-27H2,1,4-7H3/t32-,34-,42?/m0/s1. The molecule has 1 unspecified atom stereocenters. The molecule has 0 aliphatic carbocycles. The number of thioether (sulfide) groups is 1. The van der Waals surface area contributed by atoms with Gasteiger partial charge in [-0.1, -0.05) is 87.9 Å². The Hall–Kier alpha value is -5.07. The van der Waals surface area contributed by atoms with Crippen LogP contribution in [-0.2, 0) is 27.3 Å². The summed E-state index contributed by atoms with van der Waals surface area (Å²) in [6.07, 6.45) is 8.25. The minimum atomic E-state index is -1.09. The van der Waals surface area contributed by atoms with Gasteiger partial charge in [-0.15, -0.1) is 11.8 Å². The number of amides is 2. The number of hydrogen-bond acceptors (Lipinski definition) is 10. The summed E-state index contributed by atoms with van der Waals surface area (Å²) in [5.74, 6) is 1.20. The molecule has 12 heteroatoms. The molecule has 0 fully saturated rings. The molecule has 2 amide bonds. The molecule has 0 saturated carbocycles. The molecule has 2 heterocycles.